The lowest BCUT2D eigenvalue weighted by atomic mass is 10.3. The van der Waals surface area contributed by atoms with Crippen molar-refractivity contribution in [2.75, 3.05) is 11.9 Å². The predicted octanol–water partition coefficient (Wildman–Crippen LogP) is 3.70. The molecular formula is C15H15N3OS. The molecular weight excluding hydrogens is 270 g/mol. The third-order valence-electron chi connectivity index (χ3n) is 2.83. The molecule has 0 atom stereocenters. The Balaban J connectivity index is 1.84. The molecule has 0 spiro atoms. The van der Waals surface area contributed by atoms with Gasteiger partial charge in [-0.25, -0.2) is 9.97 Å². The Bertz CT molecular complexity index is 697. The van der Waals surface area contributed by atoms with Crippen LogP contribution in [0.4, 0.5) is 5.82 Å². The van der Waals surface area contributed by atoms with E-state index in [-0.39, 0.29) is 0 Å². The Morgan fingerprint density at radius 2 is 2.00 bits per heavy atom. The van der Waals surface area contributed by atoms with E-state index in [1.807, 2.05) is 41.8 Å². The highest BCUT2D eigenvalue weighted by Crippen LogP contribution is 2.25. The maximum absolute atomic E-state index is 5.70. The van der Waals surface area contributed by atoms with E-state index in [0.29, 0.717) is 12.4 Å². The van der Waals surface area contributed by atoms with Crippen molar-refractivity contribution < 1.29 is 4.74 Å². The lowest BCUT2D eigenvalue weighted by Gasteiger charge is -2.08. The highest BCUT2D eigenvalue weighted by atomic mass is 32.1. The normalized spacial score (nSPS) is 10.7. The van der Waals surface area contributed by atoms with Crippen LogP contribution in [-0.4, -0.2) is 16.5 Å². The first-order chi connectivity index (χ1) is 9.86. The number of thiophene rings is 1. The number of hydrogen-bond donors (Lipinski definition) is 1. The molecule has 0 saturated heterocycles. The fourth-order valence-corrected chi connectivity index (χ4v) is 2.71. The lowest BCUT2D eigenvalue weighted by Crippen LogP contribution is -2.06. The molecule has 2 aromatic heterocycles. The first-order valence-electron chi connectivity index (χ1n) is 6.52. The van der Waals surface area contributed by atoms with Gasteiger partial charge in [-0.05, 0) is 30.5 Å². The standard InChI is InChI=1S/C15H15N3OS/c1-2-16-14-12-8-9-20-15(12)18-13(17-14)10-19-11-6-4-3-5-7-11/h3-9H,2,10H2,1H3,(H,16,17,18). The summed E-state index contributed by atoms with van der Waals surface area (Å²) in [6.45, 7) is 3.26. The summed E-state index contributed by atoms with van der Waals surface area (Å²) >= 11 is 1.62. The Morgan fingerprint density at radius 1 is 1.15 bits per heavy atom. The number of benzene rings is 1. The molecule has 0 radical (unpaired) electrons. The molecule has 3 aromatic rings. The largest absolute Gasteiger partial charge is 0.486 e. The SMILES string of the molecule is CCNc1nc(COc2ccccc2)nc2sccc12. The predicted molar refractivity (Wildman–Crippen MR) is 82.4 cm³/mol. The van der Waals surface area contributed by atoms with Gasteiger partial charge in [-0.1, -0.05) is 18.2 Å². The van der Waals surface area contributed by atoms with Gasteiger partial charge in [-0.3, -0.25) is 0 Å². The van der Waals surface area contributed by atoms with Crippen LogP contribution in [-0.2, 0) is 6.61 Å². The molecule has 0 amide bonds. The van der Waals surface area contributed by atoms with Crippen LogP contribution in [0.1, 0.15) is 12.7 Å². The van der Waals surface area contributed by atoms with Gasteiger partial charge in [0.25, 0.3) is 0 Å². The van der Waals surface area contributed by atoms with Gasteiger partial charge in [-0.2, -0.15) is 0 Å². The van der Waals surface area contributed by atoms with Crippen molar-refractivity contribution >= 4 is 27.4 Å². The second-order valence-corrected chi connectivity index (χ2v) is 5.15. The van der Waals surface area contributed by atoms with Gasteiger partial charge in [0.15, 0.2) is 5.82 Å². The van der Waals surface area contributed by atoms with Crippen LogP contribution in [0.3, 0.4) is 0 Å². The summed E-state index contributed by atoms with van der Waals surface area (Å²) < 4.78 is 5.70. The molecule has 1 N–H and O–H groups in total. The van der Waals surface area contributed by atoms with E-state index >= 15 is 0 Å². The van der Waals surface area contributed by atoms with Crippen LogP contribution in [0, 0.1) is 0 Å². The van der Waals surface area contributed by atoms with Gasteiger partial charge >= 0.3 is 0 Å². The Kier molecular flexibility index (Phi) is 3.78. The zero-order chi connectivity index (χ0) is 13.8. The summed E-state index contributed by atoms with van der Waals surface area (Å²) in [5.74, 6) is 2.40. The molecule has 0 unspecified atom stereocenters. The number of anilines is 1. The van der Waals surface area contributed by atoms with Crippen molar-refractivity contribution in [3.63, 3.8) is 0 Å². The van der Waals surface area contributed by atoms with Gasteiger partial charge in [0, 0.05) is 6.54 Å². The molecule has 1 aromatic carbocycles. The van der Waals surface area contributed by atoms with E-state index in [1.165, 1.54) is 0 Å². The zero-order valence-corrected chi connectivity index (χ0v) is 12.0. The summed E-state index contributed by atoms with van der Waals surface area (Å²) in [7, 11) is 0. The van der Waals surface area contributed by atoms with E-state index < -0.39 is 0 Å². The third kappa shape index (κ3) is 2.72. The molecule has 0 aliphatic carbocycles. The minimum absolute atomic E-state index is 0.371. The van der Waals surface area contributed by atoms with Crippen molar-refractivity contribution in [1.29, 1.82) is 0 Å². The average Bonchev–Trinajstić information content (AvgIpc) is 2.95. The van der Waals surface area contributed by atoms with Crippen LogP contribution < -0.4 is 10.1 Å². The van der Waals surface area contributed by atoms with E-state index in [4.69, 9.17) is 4.74 Å². The third-order valence-corrected chi connectivity index (χ3v) is 3.63. The van der Waals surface area contributed by atoms with Crippen LogP contribution >= 0.6 is 11.3 Å². The molecule has 5 heteroatoms. The number of nitrogens with zero attached hydrogens (tertiary/aromatic N) is 2. The topological polar surface area (TPSA) is 47.0 Å². The van der Waals surface area contributed by atoms with Crippen molar-refractivity contribution in [3.8, 4) is 5.75 Å². The second-order valence-electron chi connectivity index (χ2n) is 4.26. The average molecular weight is 285 g/mol. The fraction of sp³-hybridized carbons (Fsp3) is 0.200. The van der Waals surface area contributed by atoms with Crippen LogP contribution in [0.15, 0.2) is 41.8 Å². The number of aromatic nitrogens is 2. The summed E-state index contributed by atoms with van der Waals surface area (Å²) in [4.78, 5) is 10.1. The lowest BCUT2D eigenvalue weighted by molar-refractivity contribution is 0.296. The first kappa shape index (κ1) is 12.9. The number of rotatable bonds is 5. The van der Waals surface area contributed by atoms with Gasteiger partial charge in [0.05, 0.1) is 5.39 Å². The summed E-state index contributed by atoms with van der Waals surface area (Å²) in [6.07, 6.45) is 0. The Labute approximate surface area is 121 Å². The molecule has 0 aliphatic heterocycles. The monoisotopic (exact) mass is 285 g/mol. The maximum atomic E-state index is 5.70. The molecule has 0 bridgehead atoms. The van der Waals surface area contributed by atoms with Crippen molar-refractivity contribution in [3.05, 3.63) is 47.6 Å². The number of fused-ring (bicyclic) bond motifs is 1. The number of para-hydroxylation sites is 1. The molecule has 0 saturated carbocycles. The van der Waals surface area contributed by atoms with E-state index in [0.717, 1.165) is 28.3 Å². The van der Waals surface area contributed by atoms with Crippen molar-refractivity contribution in [2.24, 2.45) is 0 Å². The molecule has 0 aliphatic rings. The van der Waals surface area contributed by atoms with Crippen LogP contribution in [0.5, 0.6) is 5.75 Å². The van der Waals surface area contributed by atoms with E-state index in [2.05, 4.69) is 22.2 Å². The second kappa shape index (κ2) is 5.88. The Morgan fingerprint density at radius 3 is 2.80 bits per heavy atom. The van der Waals surface area contributed by atoms with E-state index in [9.17, 15) is 0 Å². The number of nitrogens with one attached hydrogen (secondary N) is 1. The quantitative estimate of drug-likeness (QED) is 0.776. The molecule has 3 rings (SSSR count). The van der Waals surface area contributed by atoms with E-state index in [1.54, 1.807) is 11.3 Å². The van der Waals surface area contributed by atoms with Crippen LogP contribution in [0.2, 0.25) is 0 Å². The van der Waals surface area contributed by atoms with Crippen molar-refractivity contribution in [2.45, 2.75) is 13.5 Å². The van der Waals surface area contributed by atoms with Crippen molar-refractivity contribution in [1.82, 2.24) is 9.97 Å². The zero-order valence-electron chi connectivity index (χ0n) is 11.2. The van der Waals surface area contributed by atoms with Gasteiger partial charge in [0.1, 0.15) is 23.0 Å². The smallest absolute Gasteiger partial charge is 0.169 e. The minimum atomic E-state index is 0.371. The number of hydrogen-bond acceptors (Lipinski definition) is 5. The summed E-state index contributed by atoms with van der Waals surface area (Å²) in [5.41, 5.74) is 0. The Hall–Kier alpha value is -2.14. The molecule has 4 nitrogen and oxygen atoms in total. The molecule has 102 valence electrons. The summed E-state index contributed by atoms with van der Waals surface area (Å²) in [6, 6.07) is 11.7. The van der Waals surface area contributed by atoms with Gasteiger partial charge in [-0.15, -0.1) is 11.3 Å². The van der Waals surface area contributed by atoms with Gasteiger partial charge in [0.2, 0.25) is 0 Å². The van der Waals surface area contributed by atoms with Crippen LogP contribution in [0.25, 0.3) is 10.2 Å². The molecule has 0 fully saturated rings. The highest BCUT2D eigenvalue weighted by Gasteiger charge is 2.08. The minimum Gasteiger partial charge on any atom is -0.486 e. The number of ether oxygens (including phenoxy) is 1. The highest BCUT2D eigenvalue weighted by molar-refractivity contribution is 7.16. The molecule has 2 heterocycles. The fourth-order valence-electron chi connectivity index (χ4n) is 1.93. The maximum Gasteiger partial charge on any atom is 0.169 e. The van der Waals surface area contributed by atoms with Gasteiger partial charge < -0.3 is 10.1 Å². The summed E-state index contributed by atoms with van der Waals surface area (Å²) in [5, 5.41) is 6.37. The molecule has 20 heavy (non-hydrogen) atoms. The first-order valence-corrected chi connectivity index (χ1v) is 7.40.